The molecule has 0 aliphatic carbocycles. The predicted molar refractivity (Wildman–Crippen MR) is 47.4 cm³/mol. The fourth-order valence-electron chi connectivity index (χ4n) is 0.965. The summed E-state index contributed by atoms with van der Waals surface area (Å²) in [6.07, 6.45) is -3.11. The van der Waals surface area contributed by atoms with Crippen molar-refractivity contribution in [3.63, 3.8) is 0 Å². The van der Waals surface area contributed by atoms with Crippen LogP contribution in [0.2, 0.25) is 0 Å². The average molecular weight is 239 g/mol. The van der Waals surface area contributed by atoms with E-state index < -0.39 is 12.8 Å². The van der Waals surface area contributed by atoms with Crippen molar-refractivity contribution in [1.82, 2.24) is 10.1 Å². The van der Waals surface area contributed by atoms with Gasteiger partial charge in [-0.25, -0.2) is 0 Å². The zero-order valence-corrected chi connectivity index (χ0v) is 8.46. The Morgan fingerprint density at radius 1 is 1.38 bits per heavy atom. The van der Waals surface area contributed by atoms with Gasteiger partial charge in [-0.1, -0.05) is 5.16 Å². The van der Waals surface area contributed by atoms with Crippen molar-refractivity contribution in [1.29, 1.82) is 0 Å². The van der Waals surface area contributed by atoms with Gasteiger partial charge >= 0.3 is 6.18 Å². The molecule has 1 aromatic rings. The zero-order chi connectivity index (χ0) is 12.0. The molecule has 1 aromatic heterocycles. The van der Waals surface area contributed by atoms with Gasteiger partial charge < -0.3 is 15.0 Å². The fraction of sp³-hybridized carbons (Fsp3) is 0.750. The van der Waals surface area contributed by atoms with E-state index in [1.807, 2.05) is 0 Å². The van der Waals surface area contributed by atoms with Crippen molar-refractivity contribution in [3.8, 4) is 0 Å². The van der Waals surface area contributed by atoms with E-state index in [4.69, 9.17) is 5.73 Å². The monoisotopic (exact) mass is 239 g/mol. The Morgan fingerprint density at radius 3 is 2.75 bits per heavy atom. The van der Waals surface area contributed by atoms with Crippen LogP contribution in [0.5, 0.6) is 0 Å². The van der Waals surface area contributed by atoms with E-state index in [0.29, 0.717) is 25.2 Å². The Bertz CT molecular complexity index is 314. The summed E-state index contributed by atoms with van der Waals surface area (Å²) < 4.78 is 44.2. The largest absolute Gasteiger partial charge is 0.411 e. The number of hydrogen-bond donors (Lipinski definition) is 1. The van der Waals surface area contributed by atoms with Crippen LogP contribution in [0.4, 0.5) is 13.2 Å². The molecule has 0 unspecified atom stereocenters. The molecular weight excluding hydrogens is 227 g/mol. The normalized spacial score (nSPS) is 12.0. The first kappa shape index (κ1) is 12.9. The lowest BCUT2D eigenvalue weighted by Gasteiger charge is -2.04. The summed E-state index contributed by atoms with van der Waals surface area (Å²) in [5, 5.41) is 3.57. The van der Waals surface area contributed by atoms with Crippen LogP contribution in [0.25, 0.3) is 0 Å². The molecule has 16 heavy (non-hydrogen) atoms. The van der Waals surface area contributed by atoms with Crippen molar-refractivity contribution >= 4 is 0 Å². The minimum Gasteiger partial charge on any atom is -0.362 e. The van der Waals surface area contributed by atoms with Gasteiger partial charge in [0.05, 0.1) is 0 Å². The molecule has 0 aliphatic heterocycles. The summed E-state index contributed by atoms with van der Waals surface area (Å²) in [7, 11) is 0. The fourth-order valence-corrected chi connectivity index (χ4v) is 0.965. The number of nitrogens with two attached hydrogens (primary N) is 1. The van der Waals surface area contributed by atoms with Gasteiger partial charge in [0.25, 0.3) is 5.89 Å². The molecule has 0 bridgehead atoms. The first-order valence-corrected chi connectivity index (χ1v) is 4.67. The Balaban J connectivity index is 2.29. The number of aromatic nitrogens is 2. The van der Waals surface area contributed by atoms with Crippen molar-refractivity contribution in [3.05, 3.63) is 11.7 Å². The molecule has 8 heteroatoms. The second-order valence-corrected chi connectivity index (χ2v) is 3.10. The van der Waals surface area contributed by atoms with Gasteiger partial charge in [-0.3, -0.25) is 0 Å². The quantitative estimate of drug-likeness (QED) is 0.802. The van der Waals surface area contributed by atoms with Crippen LogP contribution in [0.3, 0.4) is 0 Å². The van der Waals surface area contributed by atoms with Gasteiger partial charge in [0, 0.05) is 6.42 Å². The van der Waals surface area contributed by atoms with E-state index in [9.17, 15) is 13.2 Å². The molecule has 0 saturated carbocycles. The van der Waals surface area contributed by atoms with E-state index in [0.717, 1.165) is 0 Å². The summed E-state index contributed by atoms with van der Waals surface area (Å²) in [5.74, 6) is 0.465. The highest BCUT2D eigenvalue weighted by Crippen LogP contribution is 2.15. The number of rotatable bonds is 6. The van der Waals surface area contributed by atoms with Crippen molar-refractivity contribution in [2.24, 2.45) is 5.73 Å². The predicted octanol–water partition coefficient (Wildman–Crippen LogP) is 1.04. The summed E-state index contributed by atoms with van der Waals surface area (Å²) in [5.41, 5.74) is 5.28. The summed E-state index contributed by atoms with van der Waals surface area (Å²) in [4.78, 5) is 3.84. The smallest absolute Gasteiger partial charge is 0.362 e. The van der Waals surface area contributed by atoms with Crippen molar-refractivity contribution < 1.29 is 22.4 Å². The van der Waals surface area contributed by atoms with Gasteiger partial charge in [-0.15, -0.1) is 0 Å². The minimum atomic E-state index is -4.34. The lowest BCUT2D eigenvalue weighted by molar-refractivity contribution is -0.178. The van der Waals surface area contributed by atoms with Gasteiger partial charge in [-0.2, -0.15) is 18.2 Å². The topological polar surface area (TPSA) is 74.2 Å². The Labute approximate surface area is 89.8 Å². The third-order valence-electron chi connectivity index (χ3n) is 1.61. The molecule has 2 N–H and O–H groups in total. The minimum absolute atomic E-state index is 0.0382. The van der Waals surface area contributed by atoms with Crippen LogP contribution >= 0.6 is 0 Å². The Kier molecular flexibility index (Phi) is 4.69. The molecule has 0 saturated heterocycles. The van der Waals surface area contributed by atoms with Crippen molar-refractivity contribution in [2.75, 3.05) is 13.2 Å². The number of nitrogens with zero attached hydrogens (tertiary/aromatic N) is 2. The third kappa shape index (κ3) is 5.08. The van der Waals surface area contributed by atoms with Crippen LogP contribution in [0.15, 0.2) is 4.52 Å². The van der Waals surface area contributed by atoms with Gasteiger partial charge in [-0.05, 0) is 13.0 Å². The lowest BCUT2D eigenvalue weighted by Crippen LogP contribution is -2.16. The molecule has 0 spiro atoms. The molecule has 0 aromatic carbocycles. The molecule has 0 aliphatic rings. The zero-order valence-electron chi connectivity index (χ0n) is 8.46. The highest BCUT2D eigenvalue weighted by atomic mass is 19.4. The maximum Gasteiger partial charge on any atom is 0.411 e. The molecule has 92 valence electrons. The number of alkyl halides is 3. The molecule has 1 rings (SSSR count). The summed E-state index contributed by atoms with van der Waals surface area (Å²) in [6.45, 7) is -1.17. The van der Waals surface area contributed by atoms with Crippen LogP contribution in [0.1, 0.15) is 18.1 Å². The summed E-state index contributed by atoms with van der Waals surface area (Å²) >= 11 is 0. The van der Waals surface area contributed by atoms with E-state index in [1.54, 1.807) is 0 Å². The standard InChI is InChI=1S/C8H12F3N3O2/c9-8(10,11)5-15-4-7-13-6(14-16-7)2-1-3-12/h1-5,12H2. The molecular formula is C8H12F3N3O2. The Hall–Kier alpha value is -1.15. The van der Waals surface area contributed by atoms with Gasteiger partial charge in [0.15, 0.2) is 5.82 Å². The highest BCUT2D eigenvalue weighted by molar-refractivity contribution is 4.85. The number of ether oxygens (including phenoxy) is 1. The molecule has 5 nitrogen and oxygen atoms in total. The maximum absolute atomic E-state index is 11.7. The third-order valence-corrected chi connectivity index (χ3v) is 1.61. The van der Waals surface area contributed by atoms with Crippen LogP contribution < -0.4 is 5.73 Å². The number of aryl methyl sites for hydroxylation is 1. The molecule has 0 fully saturated rings. The molecule has 0 radical (unpaired) electrons. The highest BCUT2D eigenvalue weighted by Gasteiger charge is 2.27. The average Bonchev–Trinajstić information content (AvgIpc) is 2.61. The molecule has 0 atom stereocenters. The van der Waals surface area contributed by atoms with E-state index >= 15 is 0 Å². The first-order chi connectivity index (χ1) is 7.51. The summed E-state index contributed by atoms with van der Waals surface area (Å²) in [6, 6.07) is 0. The van der Waals surface area contributed by atoms with Gasteiger partial charge in [0.2, 0.25) is 0 Å². The van der Waals surface area contributed by atoms with Crippen LogP contribution in [-0.4, -0.2) is 29.5 Å². The Morgan fingerprint density at radius 2 is 2.12 bits per heavy atom. The van der Waals surface area contributed by atoms with Crippen molar-refractivity contribution in [2.45, 2.75) is 25.6 Å². The van der Waals surface area contributed by atoms with E-state index in [1.165, 1.54) is 0 Å². The second kappa shape index (κ2) is 5.80. The van der Waals surface area contributed by atoms with Gasteiger partial charge in [0.1, 0.15) is 13.2 Å². The maximum atomic E-state index is 11.7. The van der Waals surface area contributed by atoms with E-state index in [-0.39, 0.29) is 12.5 Å². The first-order valence-electron chi connectivity index (χ1n) is 4.67. The van der Waals surface area contributed by atoms with Crippen LogP contribution in [-0.2, 0) is 17.8 Å². The molecule has 0 amide bonds. The SMILES string of the molecule is NCCCc1noc(COCC(F)(F)F)n1. The van der Waals surface area contributed by atoms with E-state index in [2.05, 4.69) is 19.4 Å². The van der Waals surface area contributed by atoms with Crippen LogP contribution in [0, 0.1) is 0 Å². The molecule has 1 heterocycles. The number of halogens is 3. The number of hydrogen-bond acceptors (Lipinski definition) is 5. The second-order valence-electron chi connectivity index (χ2n) is 3.10. The lowest BCUT2D eigenvalue weighted by atomic mass is 10.3.